The number of benzene rings is 1. The molecule has 0 unspecified atom stereocenters. The highest BCUT2D eigenvalue weighted by Gasteiger charge is 2.18. The summed E-state index contributed by atoms with van der Waals surface area (Å²) in [6, 6.07) is 7.14. The maximum atomic E-state index is 3.68. The number of nitrogens with one attached hydrogen (secondary N) is 1. The first-order chi connectivity index (χ1) is 9.52. The second-order valence-corrected chi connectivity index (χ2v) is 6.93. The van der Waals surface area contributed by atoms with Crippen LogP contribution < -0.4 is 5.32 Å². The third-order valence-corrected chi connectivity index (χ3v) is 4.22. The fourth-order valence-electron chi connectivity index (χ4n) is 2.63. The molecule has 20 heavy (non-hydrogen) atoms. The van der Waals surface area contributed by atoms with Crippen molar-refractivity contribution in [3.63, 3.8) is 0 Å². The van der Waals surface area contributed by atoms with Crippen LogP contribution in [0.1, 0.15) is 32.3 Å². The van der Waals surface area contributed by atoms with Crippen molar-refractivity contribution in [3.05, 3.63) is 39.9 Å². The maximum absolute atomic E-state index is 3.68. The fraction of sp³-hybridized carbons (Fsp3) is 0.529. The van der Waals surface area contributed by atoms with Gasteiger partial charge in [-0.05, 0) is 57.4 Å². The molecule has 1 aliphatic rings. The molecule has 2 rings (SSSR count). The quantitative estimate of drug-likeness (QED) is 0.808. The van der Waals surface area contributed by atoms with Crippen molar-refractivity contribution in [1.82, 2.24) is 4.90 Å². The lowest BCUT2D eigenvalue weighted by molar-refractivity contribution is 0.240. The van der Waals surface area contributed by atoms with Gasteiger partial charge in [-0.1, -0.05) is 27.6 Å². The Kier molecular flexibility index (Phi) is 5.67. The van der Waals surface area contributed by atoms with Gasteiger partial charge >= 0.3 is 0 Å². The van der Waals surface area contributed by atoms with Gasteiger partial charge in [0.15, 0.2) is 0 Å². The van der Waals surface area contributed by atoms with E-state index in [1.165, 1.54) is 42.8 Å². The van der Waals surface area contributed by atoms with Crippen molar-refractivity contribution < 1.29 is 0 Å². The fourth-order valence-corrected chi connectivity index (χ4v) is 3.23. The summed E-state index contributed by atoms with van der Waals surface area (Å²) in [5, 5.41) is 3.68. The van der Waals surface area contributed by atoms with Gasteiger partial charge < -0.3 is 5.32 Å². The van der Waals surface area contributed by atoms with E-state index < -0.39 is 0 Å². The molecule has 110 valence electrons. The average Bonchev–Trinajstić information content (AvgIpc) is 2.36. The normalized spacial score (nSPS) is 17.0. The molecule has 0 saturated carbocycles. The summed E-state index contributed by atoms with van der Waals surface area (Å²) in [7, 11) is 0. The van der Waals surface area contributed by atoms with Crippen LogP contribution in [0.2, 0.25) is 0 Å². The van der Waals surface area contributed by atoms with E-state index >= 15 is 0 Å². The Morgan fingerprint density at radius 3 is 2.60 bits per heavy atom. The van der Waals surface area contributed by atoms with E-state index in [1.807, 2.05) is 0 Å². The highest BCUT2D eigenvalue weighted by Crippen LogP contribution is 2.22. The lowest BCUT2D eigenvalue weighted by atomic mass is 10.0. The van der Waals surface area contributed by atoms with Crippen LogP contribution in [0.25, 0.3) is 0 Å². The van der Waals surface area contributed by atoms with E-state index in [9.17, 15) is 0 Å². The van der Waals surface area contributed by atoms with Crippen LogP contribution in [0.3, 0.4) is 0 Å². The second-order valence-electron chi connectivity index (χ2n) is 6.02. The van der Waals surface area contributed by atoms with Crippen molar-refractivity contribution >= 4 is 21.6 Å². The Labute approximate surface area is 131 Å². The minimum absolute atomic E-state index is 0.603. The molecule has 2 nitrogen and oxygen atoms in total. The smallest absolute Gasteiger partial charge is 0.0356 e. The molecule has 1 fully saturated rings. The van der Waals surface area contributed by atoms with E-state index in [2.05, 4.69) is 71.2 Å². The lowest BCUT2D eigenvalue weighted by Gasteiger charge is -2.32. The third-order valence-electron chi connectivity index (χ3n) is 3.76. The monoisotopic (exact) mass is 336 g/mol. The van der Waals surface area contributed by atoms with Gasteiger partial charge in [-0.25, -0.2) is 0 Å². The first-order valence-electron chi connectivity index (χ1n) is 7.42. The maximum Gasteiger partial charge on any atom is 0.0356 e. The van der Waals surface area contributed by atoms with E-state index in [1.54, 1.807) is 0 Å². The first-order valence-corrected chi connectivity index (χ1v) is 8.21. The summed E-state index contributed by atoms with van der Waals surface area (Å²) in [5.74, 6) is 0. The molecule has 0 aliphatic carbocycles. The van der Waals surface area contributed by atoms with Gasteiger partial charge in [0, 0.05) is 35.8 Å². The first kappa shape index (κ1) is 15.6. The molecule has 3 heteroatoms. The van der Waals surface area contributed by atoms with Crippen LogP contribution in [0.5, 0.6) is 0 Å². The van der Waals surface area contributed by atoms with Crippen LogP contribution in [0.4, 0.5) is 5.69 Å². The van der Waals surface area contributed by atoms with Gasteiger partial charge in [-0.15, -0.1) is 0 Å². The summed E-state index contributed by atoms with van der Waals surface area (Å²) in [4.78, 5) is 2.54. The van der Waals surface area contributed by atoms with Crippen molar-refractivity contribution in [3.8, 4) is 0 Å². The van der Waals surface area contributed by atoms with Gasteiger partial charge in [0.2, 0.25) is 0 Å². The number of allylic oxidation sites excluding steroid dienone is 1. The van der Waals surface area contributed by atoms with Crippen LogP contribution in [-0.4, -0.2) is 30.6 Å². The minimum Gasteiger partial charge on any atom is -0.382 e. The minimum atomic E-state index is 0.603. The van der Waals surface area contributed by atoms with E-state index in [4.69, 9.17) is 0 Å². The number of hydrogen-bond donors (Lipinski definition) is 1. The Hall–Kier alpha value is -0.800. The van der Waals surface area contributed by atoms with Gasteiger partial charge in [0.25, 0.3) is 0 Å². The molecule has 0 bridgehead atoms. The van der Waals surface area contributed by atoms with Gasteiger partial charge in [0.1, 0.15) is 0 Å². The zero-order valence-corrected chi connectivity index (χ0v) is 14.3. The molecular weight excluding hydrogens is 312 g/mol. The third kappa shape index (κ3) is 4.95. The van der Waals surface area contributed by atoms with Crippen LogP contribution in [0.15, 0.2) is 34.3 Å². The van der Waals surface area contributed by atoms with Crippen LogP contribution in [0, 0.1) is 6.92 Å². The van der Waals surface area contributed by atoms with Crippen LogP contribution in [-0.2, 0) is 0 Å². The number of hydrogen-bond acceptors (Lipinski definition) is 2. The molecule has 0 aromatic heterocycles. The van der Waals surface area contributed by atoms with Gasteiger partial charge in [-0.3, -0.25) is 4.90 Å². The number of rotatable bonds is 4. The molecular formula is C17H25BrN2. The molecule has 1 aromatic rings. The van der Waals surface area contributed by atoms with Crippen LogP contribution >= 0.6 is 15.9 Å². The standard InChI is InChI=1S/C17H25BrN2/c1-13(2)4-7-20-8-5-16(6-9-20)19-17-11-14(3)10-15(18)12-17/h4,10-12,16,19H,5-9H2,1-3H3. The van der Waals surface area contributed by atoms with Gasteiger partial charge in [0.05, 0.1) is 0 Å². The summed E-state index contributed by atoms with van der Waals surface area (Å²) in [6.45, 7) is 9.96. The predicted octanol–water partition coefficient (Wildman–Crippen LogP) is 4.60. The average molecular weight is 337 g/mol. The zero-order valence-electron chi connectivity index (χ0n) is 12.7. The van der Waals surface area contributed by atoms with Crippen molar-refractivity contribution in [1.29, 1.82) is 0 Å². The molecule has 1 heterocycles. The van der Waals surface area contributed by atoms with E-state index in [0.29, 0.717) is 6.04 Å². The summed E-state index contributed by atoms with van der Waals surface area (Å²) in [6.07, 6.45) is 4.77. The number of anilines is 1. The topological polar surface area (TPSA) is 15.3 Å². The zero-order chi connectivity index (χ0) is 14.5. The van der Waals surface area contributed by atoms with Crippen molar-refractivity contribution in [2.75, 3.05) is 25.0 Å². The molecule has 1 aliphatic heterocycles. The largest absolute Gasteiger partial charge is 0.382 e. The summed E-state index contributed by atoms with van der Waals surface area (Å²) in [5.41, 5.74) is 3.94. The molecule has 0 atom stereocenters. The van der Waals surface area contributed by atoms with Crippen molar-refractivity contribution in [2.45, 2.75) is 39.7 Å². The predicted molar refractivity (Wildman–Crippen MR) is 91.4 cm³/mol. The van der Waals surface area contributed by atoms with E-state index in [0.717, 1.165) is 11.0 Å². The lowest BCUT2D eigenvalue weighted by Crippen LogP contribution is -2.39. The number of likely N-dealkylation sites (tertiary alicyclic amines) is 1. The van der Waals surface area contributed by atoms with E-state index in [-0.39, 0.29) is 0 Å². The SMILES string of the molecule is CC(C)=CCN1CCC(Nc2cc(C)cc(Br)c2)CC1. The molecule has 1 aromatic carbocycles. The Morgan fingerprint density at radius 1 is 1.30 bits per heavy atom. The Balaban J connectivity index is 1.83. The highest BCUT2D eigenvalue weighted by molar-refractivity contribution is 9.10. The number of aryl methyl sites for hydroxylation is 1. The molecule has 0 spiro atoms. The highest BCUT2D eigenvalue weighted by atomic mass is 79.9. The molecule has 0 radical (unpaired) electrons. The van der Waals surface area contributed by atoms with Crippen molar-refractivity contribution in [2.24, 2.45) is 0 Å². The molecule has 1 saturated heterocycles. The number of nitrogens with zero attached hydrogens (tertiary/aromatic N) is 1. The summed E-state index contributed by atoms with van der Waals surface area (Å²) < 4.78 is 1.15. The molecule has 0 amide bonds. The van der Waals surface area contributed by atoms with Gasteiger partial charge in [-0.2, -0.15) is 0 Å². The molecule has 1 N–H and O–H groups in total. The number of piperidine rings is 1. The Bertz CT molecular complexity index is 450. The Morgan fingerprint density at radius 2 is 2.00 bits per heavy atom. The summed E-state index contributed by atoms with van der Waals surface area (Å²) >= 11 is 3.57. The second kappa shape index (κ2) is 7.28. The number of halogens is 1.